The van der Waals surface area contributed by atoms with E-state index in [-0.39, 0.29) is 18.4 Å². The zero-order valence-electron chi connectivity index (χ0n) is 13.6. The third-order valence-electron chi connectivity index (χ3n) is 3.91. The third kappa shape index (κ3) is 3.95. The van der Waals surface area contributed by atoms with Crippen LogP contribution in [0.4, 0.5) is 0 Å². The number of carbonyl (C=O) groups excluding carboxylic acids is 1. The van der Waals surface area contributed by atoms with Gasteiger partial charge in [-0.25, -0.2) is 0 Å². The van der Waals surface area contributed by atoms with E-state index in [0.717, 1.165) is 6.42 Å². The summed E-state index contributed by atoms with van der Waals surface area (Å²) >= 11 is 0. The van der Waals surface area contributed by atoms with Crippen molar-refractivity contribution in [3.63, 3.8) is 0 Å². The molecule has 1 atom stereocenters. The van der Waals surface area contributed by atoms with Crippen LogP contribution in [0, 0.1) is 0 Å². The minimum atomic E-state index is 0.00603. The molecule has 0 aromatic carbocycles. The Hall–Kier alpha value is -2.32. The number of rotatable bonds is 7. The van der Waals surface area contributed by atoms with E-state index in [1.54, 1.807) is 31.6 Å². The summed E-state index contributed by atoms with van der Waals surface area (Å²) in [7, 11) is 1.62. The molecule has 2 aromatic rings. The number of amides is 1. The van der Waals surface area contributed by atoms with Gasteiger partial charge >= 0.3 is 0 Å². The summed E-state index contributed by atoms with van der Waals surface area (Å²) in [5, 5.41) is 4.02. The molecule has 8 nitrogen and oxygen atoms in total. The summed E-state index contributed by atoms with van der Waals surface area (Å²) in [6.45, 7) is 2.54. The lowest BCUT2D eigenvalue weighted by Crippen LogP contribution is -2.28. The number of carbonyl (C=O) groups is 1. The van der Waals surface area contributed by atoms with E-state index >= 15 is 0 Å². The van der Waals surface area contributed by atoms with Gasteiger partial charge in [-0.3, -0.25) is 9.78 Å². The van der Waals surface area contributed by atoms with Crippen LogP contribution in [0.5, 0.6) is 0 Å². The molecule has 1 unspecified atom stereocenters. The van der Waals surface area contributed by atoms with Gasteiger partial charge in [-0.2, -0.15) is 4.98 Å². The highest BCUT2D eigenvalue weighted by Gasteiger charge is 2.31. The van der Waals surface area contributed by atoms with Gasteiger partial charge in [0.05, 0.1) is 13.2 Å². The minimum Gasteiger partial charge on any atom is -0.382 e. The van der Waals surface area contributed by atoms with E-state index in [2.05, 4.69) is 15.1 Å². The van der Waals surface area contributed by atoms with Gasteiger partial charge in [0.2, 0.25) is 0 Å². The molecule has 1 saturated heterocycles. The molecule has 1 fully saturated rings. The smallest absolute Gasteiger partial charge is 0.253 e. The Morgan fingerprint density at radius 3 is 3.00 bits per heavy atom. The fourth-order valence-corrected chi connectivity index (χ4v) is 2.63. The van der Waals surface area contributed by atoms with Gasteiger partial charge < -0.3 is 18.9 Å². The Morgan fingerprint density at radius 1 is 1.38 bits per heavy atom. The number of aromatic nitrogens is 3. The first kappa shape index (κ1) is 16.5. The van der Waals surface area contributed by atoms with E-state index in [1.807, 2.05) is 4.90 Å². The topological polar surface area (TPSA) is 90.6 Å². The Bertz CT molecular complexity index is 661. The summed E-state index contributed by atoms with van der Waals surface area (Å²) in [4.78, 5) is 22.5. The molecule has 2 aromatic heterocycles. The molecule has 1 aliphatic rings. The summed E-state index contributed by atoms with van der Waals surface area (Å²) in [6, 6.07) is 3.44. The average Bonchev–Trinajstić information content (AvgIpc) is 3.28. The highest BCUT2D eigenvalue weighted by Crippen LogP contribution is 2.26. The van der Waals surface area contributed by atoms with Crippen molar-refractivity contribution in [2.75, 3.05) is 33.4 Å². The van der Waals surface area contributed by atoms with Crippen LogP contribution in [0.2, 0.25) is 0 Å². The molecule has 8 heteroatoms. The first-order valence-electron chi connectivity index (χ1n) is 7.86. The predicted octanol–water partition coefficient (Wildman–Crippen LogP) is 1.26. The Kier molecular flexibility index (Phi) is 5.50. The quantitative estimate of drug-likeness (QED) is 0.705. The zero-order chi connectivity index (χ0) is 16.8. The number of methoxy groups -OCH3 is 1. The predicted molar refractivity (Wildman–Crippen MR) is 83.3 cm³/mol. The summed E-state index contributed by atoms with van der Waals surface area (Å²) in [6.07, 6.45) is 4.06. The highest BCUT2D eigenvalue weighted by atomic mass is 16.5. The van der Waals surface area contributed by atoms with E-state index in [9.17, 15) is 4.79 Å². The molecule has 0 radical (unpaired) electrons. The van der Waals surface area contributed by atoms with Crippen molar-refractivity contribution in [2.24, 2.45) is 0 Å². The number of likely N-dealkylation sites (tertiary alicyclic amines) is 1. The van der Waals surface area contributed by atoms with E-state index in [1.165, 1.54) is 0 Å². The molecule has 24 heavy (non-hydrogen) atoms. The highest BCUT2D eigenvalue weighted by molar-refractivity contribution is 5.94. The van der Waals surface area contributed by atoms with Crippen LogP contribution >= 0.6 is 0 Å². The maximum atomic E-state index is 12.4. The molecule has 128 valence electrons. The fourth-order valence-electron chi connectivity index (χ4n) is 2.63. The van der Waals surface area contributed by atoms with Crippen LogP contribution in [0.1, 0.15) is 34.4 Å². The molecular weight excluding hydrogens is 312 g/mol. The van der Waals surface area contributed by atoms with Crippen molar-refractivity contribution in [2.45, 2.75) is 18.9 Å². The van der Waals surface area contributed by atoms with Crippen LogP contribution in [0.3, 0.4) is 0 Å². The Labute approximate surface area is 139 Å². The van der Waals surface area contributed by atoms with Crippen LogP contribution in [0.25, 0.3) is 0 Å². The second-order valence-electron chi connectivity index (χ2n) is 5.56. The third-order valence-corrected chi connectivity index (χ3v) is 3.91. The van der Waals surface area contributed by atoms with E-state index in [0.29, 0.717) is 43.6 Å². The fraction of sp³-hybridized carbons (Fsp3) is 0.500. The van der Waals surface area contributed by atoms with Crippen molar-refractivity contribution in [1.29, 1.82) is 0 Å². The Balaban J connectivity index is 1.54. The van der Waals surface area contributed by atoms with E-state index in [4.69, 9.17) is 14.0 Å². The number of pyridine rings is 1. The van der Waals surface area contributed by atoms with Crippen LogP contribution < -0.4 is 0 Å². The largest absolute Gasteiger partial charge is 0.382 e. The van der Waals surface area contributed by atoms with Crippen LogP contribution in [-0.4, -0.2) is 59.3 Å². The molecule has 0 spiro atoms. The van der Waals surface area contributed by atoms with Crippen molar-refractivity contribution in [1.82, 2.24) is 20.0 Å². The van der Waals surface area contributed by atoms with Crippen molar-refractivity contribution < 1.29 is 18.8 Å². The van der Waals surface area contributed by atoms with Crippen molar-refractivity contribution >= 4 is 5.91 Å². The Morgan fingerprint density at radius 2 is 2.21 bits per heavy atom. The van der Waals surface area contributed by atoms with Gasteiger partial charge in [0.1, 0.15) is 6.61 Å². The molecule has 3 rings (SSSR count). The maximum Gasteiger partial charge on any atom is 0.253 e. The lowest BCUT2D eigenvalue weighted by atomic mass is 10.1. The SMILES string of the molecule is COCCOCc1nc(C2CCN(C(=O)c3ccncc3)C2)no1. The molecular formula is C16H20N4O4. The van der Waals surface area contributed by atoms with Gasteiger partial charge in [-0.1, -0.05) is 5.16 Å². The summed E-state index contributed by atoms with van der Waals surface area (Å²) in [5.74, 6) is 1.17. The van der Waals surface area contributed by atoms with Gasteiger partial charge in [0, 0.05) is 44.1 Å². The lowest BCUT2D eigenvalue weighted by molar-refractivity contribution is 0.0494. The standard InChI is InChI=1S/C16H20N4O4/c1-22-8-9-23-11-14-18-15(19-24-14)13-4-7-20(10-13)16(21)12-2-5-17-6-3-12/h2-3,5-6,13H,4,7-11H2,1H3. The van der Waals surface area contributed by atoms with Crippen LogP contribution in [-0.2, 0) is 16.1 Å². The summed E-state index contributed by atoms with van der Waals surface area (Å²) < 4.78 is 15.5. The second kappa shape index (κ2) is 7.98. The second-order valence-corrected chi connectivity index (χ2v) is 5.56. The summed E-state index contributed by atoms with van der Waals surface area (Å²) in [5.41, 5.74) is 0.644. The molecule has 0 saturated carbocycles. The maximum absolute atomic E-state index is 12.4. The number of ether oxygens (including phenoxy) is 2. The molecule has 0 N–H and O–H groups in total. The van der Waals surface area contributed by atoms with Gasteiger partial charge in [0.25, 0.3) is 11.8 Å². The van der Waals surface area contributed by atoms with E-state index < -0.39 is 0 Å². The average molecular weight is 332 g/mol. The molecule has 1 amide bonds. The number of hydrogen-bond acceptors (Lipinski definition) is 7. The zero-order valence-corrected chi connectivity index (χ0v) is 13.6. The normalized spacial score (nSPS) is 17.4. The lowest BCUT2D eigenvalue weighted by Gasteiger charge is -2.15. The van der Waals surface area contributed by atoms with Crippen molar-refractivity contribution in [3.8, 4) is 0 Å². The minimum absolute atomic E-state index is 0.00603. The first-order valence-corrected chi connectivity index (χ1v) is 7.86. The molecule has 0 aliphatic carbocycles. The van der Waals surface area contributed by atoms with Crippen molar-refractivity contribution in [3.05, 3.63) is 41.8 Å². The monoisotopic (exact) mass is 332 g/mol. The number of hydrogen-bond donors (Lipinski definition) is 0. The molecule has 1 aliphatic heterocycles. The van der Waals surface area contributed by atoms with Gasteiger partial charge in [-0.05, 0) is 18.6 Å². The molecule has 0 bridgehead atoms. The molecule has 3 heterocycles. The van der Waals surface area contributed by atoms with Crippen LogP contribution in [0.15, 0.2) is 29.0 Å². The van der Waals surface area contributed by atoms with Gasteiger partial charge in [-0.15, -0.1) is 0 Å². The first-order chi connectivity index (χ1) is 11.8. The van der Waals surface area contributed by atoms with Gasteiger partial charge in [0.15, 0.2) is 5.82 Å². The number of nitrogens with zero attached hydrogens (tertiary/aromatic N) is 4.